The summed E-state index contributed by atoms with van der Waals surface area (Å²) in [5.74, 6) is -9.51. The number of esters is 2. The molecule has 2 aliphatic rings. The minimum atomic E-state index is -6.23. The van der Waals surface area contributed by atoms with Gasteiger partial charge in [0.1, 0.15) is 0 Å². The van der Waals surface area contributed by atoms with Crippen LogP contribution in [0.4, 0.5) is 26.3 Å². The zero-order valence-corrected chi connectivity index (χ0v) is 14.1. The number of alkyl halides is 6. The second-order valence-corrected chi connectivity index (χ2v) is 7.85. The van der Waals surface area contributed by atoms with Crippen LogP contribution in [0.25, 0.3) is 0 Å². The molecule has 1 aliphatic carbocycles. The highest BCUT2D eigenvalue weighted by atomic mass is 32.2. The van der Waals surface area contributed by atoms with Gasteiger partial charge in [0.15, 0.2) is 0 Å². The van der Waals surface area contributed by atoms with Gasteiger partial charge in [0, 0.05) is 16.6 Å². The summed E-state index contributed by atoms with van der Waals surface area (Å²) in [5, 5.41) is -2.32. The molecule has 0 aromatic carbocycles. The third-order valence-corrected chi connectivity index (χ3v) is 5.96. The number of hydrogen-bond acceptors (Lipinski definition) is 5. The molecule has 0 aromatic heterocycles. The van der Waals surface area contributed by atoms with E-state index in [4.69, 9.17) is 0 Å². The van der Waals surface area contributed by atoms with Gasteiger partial charge in [0.25, 0.3) is 0 Å². The standard InChI is InChI=1S/C14H16F6O5S/c15-13(16,17)12(14(18,19)20)24-10(21)9(11(22)25-12)26(23)7-3-6-8-4-1-2-5-8/h8-9H,1-7H2. The first kappa shape index (κ1) is 21.0. The fraction of sp³-hybridized carbons (Fsp3) is 0.857. The topological polar surface area (TPSA) is 69.7 Å². The average molecular weight is 410 g/mol. The van der Waals surface area contributed by atoms with Crippen molar-refractivity contribution in [3.63, 3.8) is 0 Å². The zero-order chi connectivity index (χ0) is 19.8. The summed E-state index contributed by atoms with van der Waals surface area (Å²) in [6.07, 6.45) is -7.40. The summed E-state index contributed by atoms with van der Waals surface area (Å²) in [4.78, 5) is 23.3. The van der Waals surface area contributed by atoms with E-state index in [9.17, 15) is 40.1 Å². The second-order valence-electron chi connectivity index (χ2n) is 6.21. The van der Waals surface area contributed by atoms with Gasteiger partial charge >= 0.3 is 30.1 Å². The van der Waals surface area contributed by atoms with Gasteiger partial charge in [-0.25, -0.2) is 9.59 Å². The van der Waals surface area contributed by atoms with Crippen LogP contribution in [-0.2, 0) is 29.9 Å². The second kappa shape index (κ2) is 7.35. The molecule has 1 unspecified atom stereocenters. The molecule has 0 aromatic rings. The SMILES string of the molecule is O=C1OC(C(F)(F)F)(C(F)(F)F)OC(=O)C1S(=O)CCCC1CCCC1. The van der Waals surface area contributed by atoms with E-state index in [1.165, 1.54) is 0 Å². The quantitative estimate of drug-likeness (QED) is 0.396. The number of halogens is 6. The van der Waals surface area contributed by atoms with Crippen molar-refractivity contribution in [2.75, 3.05) is 5.75 Å². The van der Waals surface area contributed by atoms with Gasteiger partial charge in [0.05, 0.1) is 0 Å². The molecule has 0 radical (unpaired) electrons. The summed E-state index contributed by atoms with van der Waals surface area (Å²) < 4.78 is 95.7. The van der Waals surface area contributed by atoms with Crippen LogP contribution in [0.15, 0.2) is 0 Å². The molecule has 1 heterocycles. The summed E-state index contributed by atoms with van der Waals surface area (Å²) >= 11 is 0. The lowest BCUT2D eigenvalue weighted by Gasteiger charge is -2.39. The molecule has 26 heavy (non-hydrogen) atoms. The fourth-order valence-electron chi connectivity index (χ4n) is 3.05. The zero-order valence-electron chi connectivity index (χ0n) is 13.3. The lowest BCUT2D eigenvalue weighted by molar-refractivity contribution is -0.448. The summed E-state index contributed by atoms with van der Waals surface area (Å²) in [5.41, 5.74) is 0. The number of rotatable bonds is 5. The van der Waals surface area contributed by atoms with E-state index in [-0.39, 0.29) is 5.75 Å². The van der Waals surface area contributed by atoms with Gasteiger partial charge in [-0.3, -0.25) is 4.21 Å². The molecule has 0 N–H and O–H groups in total. The van der Waals surface area contributed by atoms with Gasteiger partial charge in [-0.15, -0.1) is 0 Å². The van der Waals surface area contributed by atoms with E-state index < -0.39 is 46.1 Å². The number of ether oxygens (including phenoxy) is 2. The molecule has 0 bridgehead atoms. The fourth-order valence-corrected chi connectivity index (χ4v) is 4.26. The Morgan fingerprint density at radius 1 is 0.962 bits per heavy atom. The molecule has 1 atom stereocenters. The first-order valence-corrected chi connectivity index (χ1v) is 9.23. The molecule has 2 rings (SSSR count). The number of cyclic esters (lactones) is 2. The van der Waals surface area contributed by atoms with Crippen LogP contribution in [0, 0.1) is 5.92 Å². The Bertz CT molecular complexity index is 547. The Labute approximate surface area is 146 Å². The minimum Gasteiger partial charge on any atom is -0.405 e. The number of hydrogen-bond donors (Lipinski definition) is 0. The lowest BCUT2D eigenvalue weighted by Crippen LogP contribution is -2.67. The smallest absolute Gasteiger partial charge is 0.405 e. The van der Waals surface area contributed by atoms with Gasteiger partial charge in [-0.1, -0.05) is 25.7 Å². The Balaban J connectivity index is 2.06. The molecule has 5 nitrogen and oxygen atoms in total. The van der Waals surface area contributed by atoms with E-state index >= 15 is 0 Å². The molecule has 1 aliphatic heterocycles. The number of carbonyl (C=O) groups is 2. The van der Waals surface area contributed by atoms with Crippen molar-refractivity contribution in [3.8, 4) is 0 Å². The van der Waals surface area contributed by atoms with E-state index in [0.29, 0.717) is 18.8 Å². The van der Waals surface area contributed by atoms with Crippen LogP contribution in [-0.4, -0.2) is 45.3 Å². The molecule has 0 amide bonds. The molecule has 1 saturated heterocycles. The largest absolute Gasteiger partial charge is 0.478 e. The molecular weight excluding hydrogens is 394 g/mol. The minimum absolute atomic E-state index is 0.226. The Morgan fingerprint density at radius 2 is 1.42 bits per heavy atom. The molecule has 1 saturated carbocycles. The van der Waals surface area contributed by atoms with Gasteiger partial charge in [0.2, 0.25) is 5.25 Å². The van der Waals surface area contributed by atoms with Crippen LogP contribution < -0.4 is 0 Å². The van der Waals surface area contributed by atoms with Gasteiger partial charge < -0.3 is 9.47 Å². The lowest BCUT2D eigenvalue weighted by atomic mass is 10.0. The van der Waals surface area contributed by atoms with Crippen LogP contribution in [0.2, 0.25) is 0 Å². The van der Waals surface area contributed by atoms with Crippen molar-refractivity contribution in [2.24, 2.45) is 5.92 Å². The normalized spacial score (nSPS) is 23.6. The van der Waals surface area contributed by atoms with Gasteiger partial charge in [-0.05, 0) is 18.8 Å². The van der Waals surface area contributed by atoms with Crippen molar-refractivity contribution in [1.29, 1.82) is 0 Å². The van der Waals surface area contributed by atoms with Crippen LogP contribution in [0.3, 0.4) is 0 Å². The van der Waals surface area contributed by atoms with E-state index in [2.05, 4.69) is 9.47 Å². The first-order chi connectivity index (χ1) is 11.9. The van der Waals surface area contributed by atoms with Crippen LogP contribution in [0.1, 0.15) is 38.5 Å². The van der Waals surface area contributed by atoms with Crippen LogP contribution in [0.5, 0.6) is 0 Å². The predicted octanol–water partition coefficient (Wildman–Crippen LogP) is 3.00. The predicted molar refractivity (Wildman–Crippen MR) is 75.0 cm³/mol. The highest BCUT2D eigenvalue weighted by Gasteiger charge is 2.81. The average Bonchev–Trinajstić information content (AvgIpc) is 2.97. The Morgan fingerprint density at radius 3 is 1.85 bits per heavy atom. The van der Waals surface area contributed by atoms with Crippen molar-refractivity contribution in [1.82, 2.24) is 0 Å². The van der Waals surface area contributed by atoms with Crippen molar-refractivity contribution in [2.45, 2.75) is 61.9 Å². The molecule has 12 heteroatoms. The van der Waals surface area contributed by atoms with E-state index in [1.54, 1.807) is 0 Å². The van der Waals surface area contributed by atoms with Crippen molar-refractivity contribution >= 4 is 22.7 Å². The van der Waals surface area contributed by atoms with Gasteiger partial charge in [-0.2, -0.15) is 26.3 Å². The third kappa shape index (κ3) is 3.99. The highest BCUT2D eigenvalue weighted by molar-refractivity contribution is 7.87. The maximum absolute atomic E-state index is 12.8. The Kier molecular flexibility index (Phi) is 5.93. The first-order valence-electron chi connectivity index (χ1n) is 7.85. The monoisotopic (exact) mass is 410 g/mol. The Hall–Kier alpha value is -1.33. The maximum atomic E-state index is 12.8. The van der Waals surface area contributed by atoms with Crippen LogP contribution >= 0.6 is 0 Å². The highest BCUT2D eigenvalue weighted by Crippen LogP contribution is 2.49. The van der Waals surface area contributed by atoms with E-state index in [0.717, 1.165) is 25.7 Å². The summed E-state index contributed by atoms with van der Waals surface area (Å²) in [7, 11) is -2.34. The van der Waals surface area contributed by atoms with Crippen molar-refractivity contribution in [3.05, 3.63) is 0 Å². The van der Waals surface area contributed by atoms with E-state index in [1.807, 2.05) is 0 Å². The summed E-state index contributed by atoms with van der Waals surface area (Å²) in [6.45, 7) is 0. The molecule has 2 fully saturated rings. The molecular formula is C14H16F6O5S. The third-order valence-electron chi connectivity index (χ3n) is 4.36. The summed E-state index contributed by atoms with van der Waals surface area (Å²) in [6, 6.07) is 0. The molecule has 150 valence electrons. The maximum Gasteiger partial charge on any atom is 0.478 e. The van der Waals surface area contributed by atoms with Crippen molar-refractivity contribution < 1.29 is 49.6 Å². The molecule has 0 spiro atoms. The number of carbonyl (C=O) groups excluding carboxylic acids is 2.